The Balaban J connectivity index is 1.36. The van der Waals surface area contributed by atoms with Gasteiger partial charge in [0.05, 0.1) is 30.3 Å². The normalized spacial score (nSPS) is 32.1. The fourth-order valence-corrected chi connectivity index (χ4v) is 11.0. The van der Waals surface area contributed by atoms with Crippen molar-refractivity contribution in [3.8, 4) is 5.75 Å². The lowest BCUT2D eigenvalue weighted by atomic mass is 9.75. The van der Waals surface area contributed by atoms with Gasteiger partial charge in [0.25, 0.3) is 5.91 Å². The fraction of sp³-hybridized carbons (Fsp3) is 0.633. The third-order valence-electron chi connectivity index (χ3n) is 16.2. The number of rotatable bonds is 15. The molecule has 0 saturated carbocycles. The van der Waals surface area contributed by atoms with Gasteiger partial charge < -0.3 is 50.6 Å². The molecule has 17 nitrogen and oxygen atoms in total. The number of aromatic hydroxyl groups is 1. The van der Waals surface area contributed by atoms with E-state index in [1.807, 2.05) is 45.9 Å². The quantitative estimate of drug-likeness (QED) is 0.0532. The molecule has 1 spiro atoms. The number of nitrogens with zero attached hydrogens (tertiary/aromatic N) is 1. The molecule has 78 heavy (non-hydrogen) atoms. The van der Waals surface area contributed by atoms with E-state index in [2.05, 4.69) is 41.3 Å². The molecule has 1 aromatic rings. The van der Waals surface area contributed by atoms with Crippen molar-refractivity contribution in [3.63, 3.8) is 0 Å². The van der Waals surface area contributed by atoms with Crippen LogP contribution in [-0.2, 0) is 44.7 Å². The van der Waals surface area contributed by atoms with Crippen LogP contribution in [-0.4, -0.2) is 122 Å². The van der Waals surface area contributed by atoms with Crippen LogP contribution in [0.15, 0.2) is 78.0 Å². The number of carbonyl (C=O) groups excluding carboxylic acids is 6. The number of cyclic esters (lactones) is 1. The number of esters is 1. The van der Waals surface area contributed by atoms with Gasteiger partial charge in [0.15, 0.2) is 5.72 Å². The Morgan fingerprint density at radius 2 is 1.73 bits per heavy atom. The van der Waals surface area contributed by atoms with Gasteiger partial charge in [-0.15, -0.1) is 0 Å². The number of aliphatic hydroxyl groups is 3. The average Bonchev–Trinajstić information content (AvgIpc) is 3.52. The fourth-order valence-electron chi connectivity index (χ4n) is 11.0. The largest absolute Gasteiger partial charge is 0.508 e. The summed E-state index contributed by atoms with van der Waals surface area (Å²) in [5.41, 5.74) is 3.97. The van der Waals surface area contributed by atoms with Crippen LogP contribution in [0.2, 0.25) is 0 Å². The monoisotopic (exact) mass is 1090 g/mol. The van der Waals surface area contributed by atoms with Gasteiger partial charge in [0.2, 0.25) is 17.7 Å². The minimum Gasteiger partial charge on any atom is -0.508 e. The maximum absolute atomic E-state index is 14.6. The molecule has 4 heterocycles. The number of ether oxygens (including phenoxy) is 2. The zero-order valence-electron chi connectivity index (χ0n) is 47.4. The first-order valence-corrected chi connectivity index (χ1v) is 28.1. The number of piperidine rings is 1. The van der Waals surface area contributed by atoms with E-state index in [4.69, 9.17) is 9.47 Å². The van der Waals surface area contributed by atoms with Crippen LogP contribution >= 0.6 is 0 Å². The molecule has 2 saturated heterocycles. The van der Waals surface area contributed by atoms with Crippen molar-refractivity contribution in [1.29, 1.82) is 0 Å². The molecule has 0 aliphatic carbocycles. The average molecular weight is 1090 g/mol. The number of Topliss-reactive ketones (excluding diaryl/α,β-unsaturated/α-hetero) is 1. The second-order valence-corrected chi connectivity index (χ2v) is 22.8. The van der Waals surface area contributed by atoms with Crippen LogP contribution in [0.5, 0.6) is 5.75 Å². The number of fused-ring (bicyclic) bond motifs is 2. The molecule has 4 aliphatic rings. The van der Waals surface area contributed by atoms with Gasteiger partial charge in [-0.25, -0.2) is 9.82 Å². The van der Waals surface area contributed by atoms with Crippen molar-refractivity contribution < 1.29 is 63.1 Å². The van der Waals surface area contributed by atoms with Gasteiger partial charge in [-0.05, 0) is 106 Å². The lowest BCUT2D eigenvalue weighted by Gasteiger charge is -2.51. The number of phenolic OH excluding ortho intramolecular Hbond substituents is 1. The molecule has 5 rings (SSSR count). The van der Waals surface area contributed by atoms with Crippen molar-refractivity contribution in [2.24, 2.45) is 41.4 Å². The van der Waals surface area contributed by atoms with E-state index in [-0.39, 0.29) is 79.3 Å². The highest BCUT2D eigenvalue weighted by molar-refractivity contribution is 5.93. The summed E-state index contributed by atoms with van der Waals surface area (Å²) in [5, 5.41) is 54.4. The number of aliphatic hydroxyl groups excluding tert-OH is 3. The molecular formula is C60H88FN5O12. The number of carbonyl (C=O) groups is 6. The number of amides is 4. The number of ketones is 1. The predicted molar refractivity (Wildman–Crippen MR) is 294 cm³/mol. The molecule has 8 N–H and O–H groups in total. The number of phenols is 1. The van der Waals surface area contributed by atoms with Gasteiger partial charge in [0, 0.05) is 62.0 Å². The first kappa shape index (κ1) is 63.3. The highest BCUT2D eigenvalue weighted by Crippen LogP contribution is 2.43. The van der Waals surface area contributed by atoms with Crippen molar-refractivity contribution in [2.75, 3.05) is 6.54 Å². The molecule has 15 atom stereocenters. The first-order chi connectivity index (χ1) is 36.8. The van der Waals surface area contributed by atoms with Crippen molar-refractivity contribution in [1.82, 2.24) is 26.4 Å². The molecule has 0 radical (unpaired) electrons. The molecule has 15 unspecified atom stereocenters. The molecule has 1 aromatic carbocycles. The SMILES string of the molecule is CCC1CC(C)C2(NC1=O)OC(CC(O)C(C)CCC=CC=C(C)C1CC=CC=CC(O)C(C)C(O)C(CCC(C)=O)C(=O)NC(C(C)C)C(=O)NC(Cc3cc(O)cc(F)c3)C(=O)N3CCCC(N3)C(=O)O1)C(C)C=C2C. The van der Waals surface area contributed by atoms with Crippen molar-refractivity contribution in [2.45, 2.75) is 194 Å². The van der Waals surface area contributed by atoms with Crippen LogP contribution in [0.1, 0.15) is 139 Å². The summed E-state index contributed by atoms with van der Waals surface area (Å²) >= 11 is 0. The van der Waals surface area contributed by atoms with Crippen LogP contribution in [0.4, 0.5) is 4.39 Å². The predicted octanol–water partition coefficient (Wildman–Crippen LogP) is 6.50. The van der Waals surface area contributed by atoms with Gasteiger partial charge >= 0.3 is 5.97 Å². The standard InChI is InChI=1S/C60H88FN5O12/c1-11-43-28-39(8)60(64-55(43)72)38(7)27-37(6)52(78-60)33-50(70)35(4)19-14-12-15-20-36(5)51-23-17-13-16-22-49(69)41(10)54(71)46(25-24-40(9)67)56(73)63-53(34(2)3)57(74)62-48(31-42-29-44(61)32-45(68)30-42)58(75)66-26-18-21-47(65-66)59(76)77-51/h12-13,15-17,20,22,27,29-30,32,34-35,37,39,41,43,46-54,65,68-71H,11,14,18-19,21,23-26,28,31,33H2,1-10H3,(H,62,74)(H,63,73)(H,64,72). The Labute approximate surface area is 460 Å². The second kappa shape index (κ2) is 29.1. The molecule has 0 aromatic heterocycles. The van der Waals surface area contributed by atoms with E-state index in [0.29, 0.717) is 37.7 Å². The zero-order chi connectivity index (χ0) is 57.6. The van der Waals surface area contributed by atoms with Crippen LogP contribution in [0, 0.1) is 47.2 Å². The molecule has 2 fully saturated rings. The van der Waals surface area contributed by atoms with E-state index < -0.39 is 101 Å². The van der Waals surface area contributed by atoms with E-state index in [0.717, 1.165) is 30.5 Å². The van der Waals surface area contributed by atoms with Crippen LogP contribution in [0.3, 0.4) is 0 Å². The third-order valence-corrected chi connectivity index (χ3v) is 16.2. The maximum atomic E-state index is 14.6. The smallest absolute Gasteiger partial charge is 0.325 e. The number of halogens is 1. The molecule has 2 bridgehead atoms. The maximum Gasteiger partial charge on any atom is 0.325 e. The highest BCUT2D eigenvalue weighted by atomic mass is 19.1. The number of hydrogen-bond acceptors (Lipinski definition) is 13. The lowest BCUT2D eigenvalue weighted by molar-refractivity contribution is -0.179. The van der Waals surface area contributed by atoms with Crippen molar-refractivity contribution in [3.05, 3.63) is 89.3 Å². The Bertz CT molecular complexity index is 2400. The summed E-state index contributed by atoms with van der Waals surface area (Å²) in [6, 6.07) is -0.367. The second-order valence-electron chi connectivity index (χ2n) is 22.8. The lowest BCUT2D eigenvalue weighted by Crippen LogP contribution is -2.64. The van der Waals surface area contributed by atoms with E-state index in [1.54, 1.807) is 39.0 Å². The Morgan fingerprint density at radius 1 is 1.00 bits per heavy atom. The summed E-state index contributed by atoms with van der Waals surface area (Å²) in [5.74, 6) is -6.97. The van der Waals surface area contributed by atoms with Crippen LogP contribution < -0.4 is 21.4 Å². The number of benzene rings is 1. The number of nitrogens with one attached hydrogen (secondary N) is 4. The third kappa shape index (κ3) is 17.0. The summed E-state index contributed by atoms with van der Waals surface area (Å²) in [4.78, 5) is 82.1. The minimum absolute atomic E-state index is 0.000148. The summed E-state index contributed by atoms with van der Waals surface area (Å²) in [6.07, 6.45) is 13.5. The molecule has 4 amide bonds. The number of hydrogen-bond donors (Lipinski definition) is 8. The van der Waals surface area contributed by atoms with Gasteiger partial charge in [-0.2, -0.15) is 0 Å². The topological polar surface area (TPSA) is 253 Å². The first-order valence-electron chi connectivity index (χ1n) is 28.1. The Kier molecular flexibility index (Phi) is 23.6. The molecular weight excluding hydrogens is 1000 g/mol. The van der Waals surface area contributed by atoms with Gasteiger partial charge in [0.1, 0.15) is 41.6 Å². The summed E-state index contributed by atoms with van der Waals surface area (Å²) < 4.78 is 27.5. The molecule has 432 valence electrons. The van der Waals surface area contributed by atoms with Crippen molar-refractivity contribution >= 4 is 35.4 Å². The minimum atomic E-state index is -1.46. The number of hydrazine groups is 1. The van der Waals surface area contributed by atoms with E-state index >= 15 is 0 Å². The zero-order valence-corrected chi connectivity index (χ0v) is 47.4. The molecule has 18 heteroatoms. The van der Waals surface area contributed by atoms with E-state index in [1.165, 1.54) is 24.1 Å². The Hall–Kier alpha value is -5.53. The number of allylic oxidation sites excluding steroid dienone is 5. The van der Waals surface area contributed by atoms with Crippen LogP contribution in [0.25, 0.3) is 0 Å². The van der Waals surface area contributed by atoms with Gasteiger partial charge in [-0.3, -0.25) is 29.0 Å². The Morgan fingerprint density at radius 3 is 2.41 bits per heavy atom. The summed E-state index contributed by atoms with van der Waals surface area (Å²) in [7, 11) is 0. The molecule has 4 aliphatic heterocycles. The van der Waals surface area contributed by atoms with E-state index in [9.17, 15) is 53.6 Å². The summed E-state index contributed by atoms with van der Waals surface area (Å²) in [6.45, 7) is 18.4. The van der Waals surface area contributed by atoms with Gasteiger partial charge in [-0.1, -0.05) is 97.1 Å². The highest BCUT2D eigenvalue weighted by Gasteiger charge is 2.51.